The first-order valence-electron chi connectivity index (χ1n) is 18.3. The van der Waals surface area contributed by atoms with Crippen LogP contribution in [0.2, 0.25) is 0 Å². The molecule has 0 bridgehead atoms. The standard InChI is InChI=1S/C49H41N3O2/c1-33(2)43-16-11-17-44(34(3)4)47(43)52-48(53)45(38-26-24-36(25-27-38)19-18-35-20-22-37(32-50)23-21-35)46(49(52)54)39-28-30-42(31-29-39)51(40-12-7-5-8-13-40)41-14-9-6-10-15-41/h5-31,33-34H,1-4H3. The predicted molar refractivity (Wildman–Crippen MR) is 222 cm³/mol. The zero-order chi connectivity index (χ0) is 37.8. The smallest absolute Gasteiger partial charge is 0.266 e. The third-order valence-corrected chi connectivity index (χ3v) is 9.80. The fourth-order valence-electron chi connectivity index (χ4n) is 7.04. The molecule has 0 aliphatic carbocycles. The van der Waals surface area contributed by atoms with Crippen molar-refractivity contribution in [1.29, 1.82) is 5.26 Å². The van der Waals surface area contributed by atoms with Gasteiger partial charge in [-0.1, -0.05) is 143 Å². The highest BCUT2D eigenvalue weighted by Gasteiger charge is 2.42. The summed E-state index contributed by atoms with van der Waals surface area (Å²) in [6.45, 7) is 8.38. The second-order valence-corrected chi connectivity index (χ2v) is 14.0. The van der Waals surface area contributed by atoms with E-state index >= 15 is 0 Å². The number of hydrogen-bond donors (Lipinski definition) is 0. The lowest BCUT2D eigenvalue weighted by molar-refractivity contribution is -0.119. The predicted octanol–water partition coefficient (Wildman–Crippen LogP) is 11.9. The van der Waals surface area contributed by atoms with Gasteiger partial charge in [0.15, 0.2) is 0 Å². The van der Waals surface area contributed by atoms with Crippen LogP contribution in [-0.4, -0.2) is 11.8 Å². The summed E-state index contributed by atoms with van der Waals surface area (Å²) in [6.07, 6.45) is 3.98. The van der Waals surface area contributed by atoms with Crippen LogP contribution in [0.4, 0.5) is 22.7 Å². The fraction of sp³-hybridized carbons (Fsp3) is 0.122. The van der Waals surface area contributed by atoms with Gasteiger partial charge in [-0.15, -0.1) is 0 Å². The summed E-state index contributed by atoms with van der Waals surface area (Å²) >= 11 is 0. The van der Waals surface area contributed by atoms with Crippen molar-refractivity contribution in [2.75, 3.05) is 9.80 Å². The van der Waals surface area contributed by atoms with Gasteiger partial charge < -0.3 is 4.90 Å². The molecule has 264 valence electrons. The van der Waals surface area contributed by atoms with Crippen molar-refractivity contribution in [2.45, 2.75) is 39.5 Å². The molecule has 1 heterocycles. The maximum Gasteiger partial charge on any atom is 0.266 e. The van der Waals surface area contributed by atoms with Crippen LogP contribution in [0.15, 0.2) is 152 Å². The number of rotatable bonds is 10. The Kier molecular flexibility index (Phi) is 10.2. The molecule has 0 saturated heterocycles. The Bertz CT molecular complexity index is 2340. The van der Waals surface area contributed by atoms with Gasteiger partial charge in [0.1, 0.15) is 0 Å². The first-order chi connectivity index (χ1) is 26.2. The van der Waals surface area contributed by atoms with Crippen LogP contribution in [-0.2, 0) is 9.59 Å². The summed E-state index contributed by atoms with van der Waals surface area (Å²) < 4.78 is 0. The minimum Gasteiger partial charge on any atom is -0.311 e. The van der Waals surface area contributed by atoms with E-state index in [0.717, 1.165) is 39.3 Å². The molecule has 6 aromatic rings. The van der Waals surface area contributed by atoms with E-state index in [9.17, 15) is 9.59 Å². The van der Waals surface area contributed by atoms with Gasteiger partial charge in [-0.05, 0) is 93.7 Å². The molecule has 2 amide bonds. The highest BCUT2D eigenvalue weighted by Crippen LogP contribution is 2.44. The zero-order valence-corrected chi connectivity index (χ0v) is 30.9. The van der Waals surface area contributed by atoms with Crippen LogP contribution >= 0.6 is 0 Å². The van der Waals surface area contributed by atoms with Crippen molar-refractivity contribution in [3.05, 3.63) is 191 Å². The molecular formula is C49H41N3O2. The van der Waals surface area contributed by atoms with Gasteiger partial charge in [0.25, 0.3) is 11.8 Å². The van der Waals surface area contributed by atoms with Crippen LogP contribution in [0, 0.1) is 11.3 Å². The lowest BCUT2D eigenvalue weighted by Gasteiger charge is -2.26. The van der Waals surface area contributed by atoms with Gasteiger partial charge in [0.2, 0.25) is 0 Å². The molecule has 54 heavy (non-hydrogen) atoms. The van der Waals surface area contributed by atoms with E-state index in [0.29, 0.717) is 33.5 Å². The number of nitriles is 1. The van der Waals surface area contributed by atoms with E-state index in [2.05, 4.69) is 62.9 Å². The molecule has 0 aromatic heterocycles. The Hall–Kier alpha value is -6.77. The third kappa shape index (κ3) is 7.02. The van der Waals surface area contributed by atoms with E-state index in [4.69, 9.17) is 5.26 Å². The third-order valence-electron chi connectivity index (χ3n) is 9.80. The number of anilines is 4. The molecule has 0 saturated carbocycles. The van der Waals surface area contributed by atoms with Crippen LogP contribution in [0.5, 0.6) is 0 Å². The average Bonchev–Trinajstić information content (AvgIpc) is 3.46. The van der Waals surface area contributed by atoms with E-state index in [1.54, 1.807) is 12.1 Å². The summed E-state index contributed by atoms with van der Waals surface area (Å²) in [5, 5.41) is 9.13. The maximum atomic E-state index is 14.9. The van der Waals surface area contributed by atoms with Crippen molar-refractivity contribution < 1.29 is 9.59 Å². The molecule has 0 N–H and O–H groups in total. The van der Waals surface area contributed by atoms with Gasteiger partial charge in [0.05, 0.1) is 28.5 Å². The Morgan fingerprint density at radius 2 is 0.926 bits per heavy atom. The Balaban J connectivity index is 1.33. The van der Waals surface area contributed by atoms with Gasteiger partial charge in [-0.2, -0.15) is 5.26 Å². The van der Waals surface area contributed by atoms with E-state index in [-0.39, 0.29) is 23.7 Å². The van der Waals surface area contributed by atoms with Gasteiger partial charge in [-0.3, -0.25) is 9.59 Å². The minimum atomic E-state index is -0.329. The first-order valence-corrected chi connectivity index (χ1v) is 18.3. The number of benzene rings is 6. The number of nitrogens with zero attached hydrogens (tertiary/aromatic N) is 3. The second-order valence-electron chi connectivity index (χ2n) is 14.0. The van der Waals surface area contributed by atoms with E-state index in [1.807, 2.05) is 127 Å². The molecule has 6 aromatic carbocycles. The average molecular weight is 704 g/mol. The summed E-state index contributed by atoms with van der Waals surface area (Å²) in [7, 11) is 0. The molecule has 7 rings (SSSR count). The number of carbonyl (C=O) groups excluding carboxylic acids is 2. The molecule has 1 aliphatic heterocycles. The van der Waals surface area contributed by atoms with Crippen LogP contribution < -0.4 is 9.80 Å². The minimum absolute atomic E-state index is 0.0928. The fourth-order valence-corrected chi connectivity index (χ4v) is 7.04. The molecule has 0 fully saturated rings. The Labute approximate surface area is 317 Å². The molecular weight excluding hydrogens is 663 g/mol. The zero-order valence-electron chi connectivity index (χ0n) is 30.9. The van der Waals surface area contributed by atoms with Crippen molar-refractivity contribution in [2.24, 2.45) is 0 Å². The summed E-state index contributed by atoms with van der Waals surface area (Å²) in [4.78, 5) is 33.3. The first kappa shape index (κ1) is 35.6. The highest BCUT2D eigenvalue weighted by atomic mass is 16.2. The van der Waals surface area contributed by atoms with Crippen molar-refractivity contribution >= 4 is 57.9 Å². The van der Waals surface area contributed by atoms with Crippen molar-refractivity contribution in [3.63, 3.8) is 0 Å². The molecule has 1 aliphatic rings. The molecule has 5 heteroatoms. The lowest BCUT2D eigenvalue weighted by atomic mass is 9.91. The van der Waals surface area contributed by atoms with E-state index in [1.165, 1.54) is 4.90 Å². The number of imide groups is 1. The molecule has 0 spiro atoms. The molecule has 0 atom stereocenters. The Morgan fingerprint density at radius 1 is 0.519 bits per heavy atom. The van der Waals surface area contributed by atoms with Crippen LogP contribution in [0.3, 0.4) is 0 Å². The topological polar surface area (TPSA) is 64.4 Å². The summed E-state index contributed by atoms with van der Waals surface area (Å²) in [5.74, 6) is -0.471. The van der Waals surface area contributed by atoms with Gasteiger partial charge in [0, 0.05) is 17.1 Å². The quantitative estimate of drug-likeness (QED) is 0.105. The largest absolute Gasteiger partial charge is 0.311 e. The van der Waals surface area contributed by atoms with Crippen molar-refractivity contribution in [3.8, 4) is 6.07 Å². The second kappa shape index (κ2) is 15.5. The Morgan fingerprint density at radius 3 is 1.35 bits per heavy atom. The van der Waals surface area contributed by atoms with E-state index < -0.39 is 0 Å². The van der Waals surface area contributed by atoms with Gasteiger partial charge >= 0.3 is 0 Å². The monoisotopic (exact) mass is 703 g/mol. The number of carbonyl (C=O) groups is 2. The van der Waals surface area contributed by atoms with Crippen LogP contribution in [0.1, 0.15) is 78.5 Å². The molecule has 0 radical (unpaired) electrons. The normalized spacial score (nSPS) is 13.0. The lowest BCUT2D eigenvalue weighted by Crippen LogP contribution is -2.33. The number of hydrogen-bond acceptors (Lipinski definition) is 4. The maximum absolute atomic E-state index is 14.9. The number of para-hydroxylation sites is 3. The SMILES string of the molecule is CC(C)c1cccc(C(C)C)c1N1C(=O)C(c2ccc(C=Cc3ccc(C#N)cc3)cc2)=C(c2ccc(N(c3ccccc3)c3ccccc3)cc2)C1=O. The summed E-state index contributed by atoms with van der Waals surface area (Å²) in [5.41, 5.74) is 10.2. The summed E-state index contributed by atoms with van der Waals surface area (Å²) in [6, 6.07) is 51.6. The van der Waals surface area contributed by atoms with Crippen molar-refractivity contribution in [1.82, 2.24) is 0 Å². The highest BCUT2D eigenvalue weighted by molar-refractivity contribution is 6.57. The molecule has 0 unspecified atom stereocenters. The number of amides is 2. The molecule has 5 nitrogen and oxygen atoms in total. The van der Waals surface area contributed by atoms with Gasteiger partial charge in [-0.25, -0.2) is 4.90 Å². The van der Waals surface area contributed by atoms with Crippen LogP contribution in [0.25, 0.3) is 23.3 Å².